The fourth-order valence-electron chi connectivity index (χ4n) is 1.79. The van der Waals surface area contributed by atoms with Crippen LogP contribution in [0.1, 0.15) is 32.3 Å². The van der Waals surface area contributed by atoms with E-state index >= 15 is 0 Å². The summed E-state index contributed by atoms with van der Waals surface area (Å²) in [5.41, 5.74) is -0.141. The minimum absolute atomic E-state index is 0.00120. The molecule has 0 aromatic heterocycles. The summed E-state index contributed by atoms with van der Waals surface area (Å²) in [6, 6.07) is 11.5. The van der Waals surface area contributed by atoms with E-state index in [9.17, 15) is 10.1 Å². The zero-order valence-electron chi connectivity index (χ0n) is 9.16. The second-order valence-electron chi connectivity index (χ2n) is 3.51. The molecule has 0 radical (unpaired) electrons. The molecule has 0 unspecified atom stereocenters. The maximum atomic E-state index is 11.9. The highest BCUT2D eigenvalue weighted by atomic mass is 16.1. The maximum Gasteiger partial charge on any atom is 0.157 e. The summed E-state index contributed by atoms with van der Waals surface area (Å²) in [4.78, 5) is 11.9. The van der Waals surface area contributed by atoms with Crippen LogP contribution in [0.5, 0.6) is 0 Å². The van der Waals surface area contributed by atoms with Gasteiger partial charge in [-0.1, -0.05) is 44.2 Å². The average Bonchev–Trinajstić information content (AvgIpc) is 2.32. The van der Waals surface area contributed by atoms with Gasteiger partial charge in [-0.3, -0.25) is 4.79 Å². The van der Waals surface area contributed by atoms with Crippen molar-refractivity contribution in [3.63, 3.8) is 0 Å². The van der Waals surface area contributed by atoms with Crippen LogP contribution in [0.3, 0.4) is 0 Å². The number of carbonyl (C=O) groups excluding carboxylic acids is 1. The van der Waals surface area contributed by atoms with E-state index in [4.69, 9.17) is 0 Å². The van der Waals surface area contributed by atoms with Crippen molar-refractivity contribution < 1.29 is 4.79 Å². The second kappa shape index (κ2) is 4.75. The van der Waals surface area contributed by atoms with Crippen molar-refractivity contribution in [3.8, 4) is 6.07 Å². The van der Waals surface area contributed by atoms with E-state index in [0.29, 0.717) is 12.8 Å². The first-order valence-electron chi connectivity index (χ1n) is 5.21. The Morgan fingerprint density at radius 1 is 1.33 bits per heavy atom. The van der Waals surface area contributed by atoms with Crippen molar-refractivity contribution in [1.29, 1.82) is 5.26 Å². The van der Waals surface area contributed by atoms with Gasteiger partial charge in [0.15, 0.2) is 5.78 Å². The fourth-order valence-corrected chi connectivity index (χ4v) is 1.79. The first-order valence-corrected chi connectivity index (χ1v) is 5.21. The van der Waals surface area contributed by atoms with Gasteiger partial charge in [-0.15, -0.1) is 0 Å². The third-order valence-corrected chi connectivity index (χ3v) is 2.78. The molecular weight excluding hydrogens is 186 g/mol. The first-order chi connectivity index (χ1) is 7.21. The monoisotopic (exact) mass is 201 g/mol. The number of ketones is 1. The number of carbonyl (C=O) groups is 1. The van der Waals surface area contributed by atoms with Gasteiger partial charge >= 0.3 is 0 Å². The lowest BCUT2D eigenvalue weighted by Gasteiger charge is -2.23. The standard InChI is InChI=1S/C13H15NO/c1-3-12(15)13(4-2,10-14)11-8-6-5-7-9-11/h5-9H,3-4H2,1-2H3/t13-/m1/s1. The predicted octanol–water partition coefficient (Wildman–Crippen LogP) is 2.84. The van der Waals surface area contributed by atoms with Gasteiger partial charge < -0.3 is 0 Å². The van der Waals surface area contributed by atoms with Gasteiger partial charge in [0.2, 0.25) is 0 Å². The summed E-state index contributed by atoms with van der Waals surface area (Å²) < 4.78 is 0. The molecule has 1 aromatic rings. The van der Waals surface area contributed by atoms with Crippen molar-refractivity contribution >= 4 is 5.78 Å². The smallest absolute Gasteiger partial charge is 0.157 e. The second-order valence-corrected chi connectivity index (χ2v) is 3.51. The number of benzene rings is 1. The molecule has 78 valence electrons. The molecule has 0 saturated carbocycles. The molecule has 0 aliphatic rings. The van der Waals surface area contributed by atoms with E-state index in [1.165, 1.54) is 0 Å². The molecule has 2 nitrogen and oxygen atoms in total. The summed E-state index contributed by atoms with van der Waals surface area (Å²) in [6.07, 6.45) is 0.927. The van der Waals surface area contributed by atoms with Crippen LogP contribution < -0.4 is 0 Å². The van der Waals surface area contributed by atoms with Gasteiger partial charge in [-0.05, 0) is 12.0 Å². The van der Waals surface area contributed by atoms with Crippen LogP contribution in [0.2, 0.25) is 0 Å². The van der Waals surface area contributed by atoms with E-state index in [0.717, 1.165) is 5.56 Å². The number of hydrogen-bond donors (Lipinski definition) is 0. The van der Waals surface area contributed by atoms with E-state index in [2.05, 4.69) is 6.07 Å². The molecule has 0 bridgehead atoms. The zero-order chi connectivity index (χ0) is 11.3. The Morgan fingerprint density at radius 2 is 1.93 bits per heavy atom. The van der Waals surface area contributed by atoms with Gasteiger partial charge in [0.05, 0.1) is 6.07 Å². The van der Waals surface area contributed by atoms with Gasteiger partial charge in [0.25, 0.3) is 0 Å². The van der Waals surface area contributed by atoms with Crippen LogP contribution in [0, 0.1) is 11.3 Å². The molecular formula is C13H15NO. The Bertz CT molecular complexity index is 377. The lowest BCUT2D eigenvalue weighted by atomic mass is 9.75. The molecule has 1 atom stereocenters. The van der Waals surface area contributed by atoms with Crippen molar-refractivity contribution in [2.75, 3.05) is 0 Å². The highest BCUT2D eigenvalue weighted by Crippen LogP contribution is 2.29. The number of nitriles is 1. The van der Waals surface area contributed by atoms with Crippen LogP contribution in [0.4, 0.5) is 0 Å². The molecule has 0 saturated heterocycles. The molecule has 1 rings (SSSR count). The Balaban J connectivity index is 3.25. The maximum absolute atomic E-state index is 11.9. The van der Waals surface area contributed by atoms with Crippen LogP contribution in [-0.2, 0) is 10.2 Å². The summed E-state index contributed by atoms with van der Waals surface area (Å²) in [6.45, 7) is 3.68. The van der Waals surface area contributed by atoms with Gasteiger partial charge in [-0.2, -0.15) is 5.26 Å². The third kappa shape index (κ3) is 1.92. The normalized spacial score (nSPS) is 13.9. The van der Waals surface area contributed by atoms with Crippen LogP contribution in [0.25, 0.3) is 0 Å². The molecule has 0 N–H and O–H groups in total. The number of Topliss-reactive ketones (excluding diaryl/α,β-unsaturated/α-hetero) is 1. The van der Waals surface area contributed by atoms with E-state index < -0.39 is 5.41 Å². The predicted molar refractivity (Wildman–Crippen MR) is 59.3 cm³/mol. The lowest BCUT2D eigenvalue weighted by Crippen LogP contribution is -2.33. The summed E-state index contributed by atoms with van der Waals surface area (Å²) in [5, 5.41) is 9.26. The van der Waals surface area contributed by atoms with Crippen LogP contribution >= 0.6 is 0 Å². The molecule has 1 aromatic carbocycles. The minimum atomic E-state index is -0.948. The van der Waals surface area contributed by atoms with Crippen molar-refractivity contribution in [2.24, 2.45) is 0 Å². The highest BCUT2D eigenvalue weighted by molar-refractivity contribution is 5.92. The molecule has 0 spiro atoms. The summed E-state index contributed by atoms with van der Waals surface area (Å²) in [5.74, 6) is -0.00120. The number of rotatable bonds is 4. The molecule has 0 heterocycles. The SMILES string of the molecule is CCC(=O)[C@@](C#N)(CC)c1ccccc1. The Kier molecular flexibility index (Phi) is 3.62. The van der Waals surface area contributed by atoms with E-state index in [-0.39, 0.29) is 5.78 Å². The van der Waals surface area contributed by atoms with Crippen LogP contribution in [0.15, 0.2) is 30.3 Å². The van der Waals surface area contributed by atoms with Crippen LogP contribution in [-0.4, -0.2) is 5.78 Å². The molecule has 0 fully saturated rings. The Labute approximate surface area is 90.5 Å². The quantitative estimate of drug-likeness (QED) is 0.751. The lowest BCUT2D eigenvalue weighted by molar-refractivity contribution is -0.122. The van der Waals surface area contributed by atoms with Gasteiger partial charge in [0.1, 0.15) is 5.41 Å². The summed E-state index contributed by atoms with van der Waals surface area (Å²) >= 11 is 0. The topological polar surface area (TPSA) is 40.9 Å². The minimum Gasteiger partial charge on any atom is -0.298 e. The van der Waals surface area contributed by atoms with Gasteiger partial charge in [-0.25, -0.2) is 0 Å². The van der Waals surface area contributed by atoms with Gasteiger partial charge in [0, 0.05) is 6.42 Å². The molecule has 0 aliphatic heterocycles. The third-order valence-electron chi connectivity index (χ3n) is 2.78. The Hall–Kier alpha value is -1.62. The Morgan fingerprint density at radius 3 is 2.33 bits per heavy atom. The van der Waals surface area contributed by atoms with Crippen molar-refractivity contribution in [2.45, 2.75) is 32.1 Å². The molecule has 15 heavy (non-hydrogen) atoms. The van der Waals surface area contributed by atoms with Crippen molar-refractivity contribution in [3.05, 3.63) is 35.9 Å². The number of nitrogens with zero attached hydrogens (tertiary/aromatic N) is 1. The largest absolute Gasteiger partial charge is 0.298 e. The van der Waals surface area contributed by atoms with E-state index in [1.807, 2.05) is 37.3 Å². The van der Waals surface area contributed by atoms with E-state index in [1.54, 1.807) is 6.92 Å². The molecule has 2 heteroatoms. The molecule has 0 amide bonds. The fraction of sp³-hybridized carbons (Fsp3) is 0.385. The summed E-state index contributed by atoms with van der Waals surface area (Å²) in [7, 11) is 0. The zero-order valence-corrected chi connectivity index (χ0v) is 9.16. The first kappa shape index (κ1) is 11.5. The average molecular weight is 201 g/mol. The number of hydrogen-bond acceptors (Lipinski definition) is 2. The molecule has 0 aliphatic carbocycles. The highest BCUT2D eigenvalue weighted by Gasteiger charge is 2.36. The van der Waals surface area contributed by atoms with Crippen molar-refractivity contribution in [1.82, 2.24) is 0 Å².